The first-order valence-corrected chi connectivity index (χ1v) is 7.81. The molecule has 1 heterocycles. The normalized spacial score (nSPS) is 15.8. The molecule has 22 heavy (non-hydrogen) atoms. The summed E-state index contributed by atoms with van der Waals surface area (Å²) in [6.07, 6.45) is 0. The number of benzene rings is 1. The largest absolute Gasteiger partial charge is 0.379 e. The van der Waals surface area contributed by atoms with E-state index in [4.69, 9.17) is 4.74 Å². The molecular weight excluding hydrogens is 280 g/mol. The lowest BCUT2D eigenvalue weighted by Crippen LogP contribution is -2.41. The van der Waals surface area contributed by atoms with Crippen LogP contribution in [-0.4, -0.2) is 56.0 Å². The average molecular weight is 304 g/mol. The fraction of sp³-hybridized carbons (Fsp3) is 0.529. The summed E-state index contributed by atoms with van der Waals surface area (Å²) in [6.45, 7) is 8.36. The number of nitrogens with zero attached hydrogens (tertiary/aromatic N) is 1. The van der Waals surface area contributed by atoms with Gasteiger partial charge in [-0.3, -0.25) is 14.5 Å². The van der Waals surface area contributed by atoms with Crippen LogP contribution in [0.5, 0.6) is 0 Å². The molecule has 1 aliphatic heterocycles. The van der Waals surface area contributed by atoms with Crippen molar-refractivity contribution in [3.05, 3.63) is 35.4 Å². The van der Waals surface area contributed by atoms with Crippen molar-refractivity contribution in [1.82, 2.24) is 10.2 Å². The van der Waals surface area contributed by atoms with E-state index in [9.17, 15) is 9.59 Å². The fourth-order valence-electron chi connectivity index (χ4n) is 2.45. The molecule has 2 rings (SSSR count). The molecule has 0 spiro atoms. The summed E-state index contributed by atoms with van der Waals surface area (Å²) >= 11 is 0. The third-order valence-corrected chi connectivity index (χ3v) is 3.78. The molecule has 0 radical (unpaired) electrons. The Balaban J connectivity index is 1.93. The topological polar surface area (TPSA) is 58.6 Å². The van der Waals surface area contributed by atoms with Gasteiger partial charge in [-0.15, -0.1) is 0 Å². The third kappa shape index (κ3) is 4.39. The molecule has 0 unspecified atom stereocenters. The molecule has 0 aliphatic carbocycles. The summed E-state index contributed by atoms with van der Waals surface area (Å²) < 4.78 is 5.29. The van der Waals surface area contributed by atoms with Crippen LogP contribution in [0.1, 0.15) is 34.6 Å². The minimum absolute atomic E-state index is 0.000991. The molecule has 5 nitrogen and oxygen atoms in total. The molecule has 1 fully saturated rings. The van der Waals surface area contributed by atoms with Crippen molar-refractivity contribution in [2.24, 2.45) is 5.92 Å². The Morgan fingerprint density at radius 1 is 1.18 bits per heavy atom. The second-order valence-corrected chi connectivity index (χ2v) is 5.77. The number of nitrogens with one attached hydrogen (secondary N) is 1. The Bertz CT molecular complexity index is 522. The van der Waals surface area contributed by atoms with E-state index in [2.05, 4.69) is 10.2 Å². The Morgan fingerprint density at radius 3 is 2.45 bits per heavy atom. The zero-order valence-electron chi connectivity index (χ0n) is 13.3. The van der Waals surface area contributed by atoms with Gasteiger partial charge in [-0.1, -0.05) is 32.0 Å². The van der Waals surface area contributed by atoms with Crippen molar-refractivity contribution in [3.8, 4) is 0 Å². The third-order valence-electron chi connectivity index (χ3n) is 3.78. The van der Waals surface area contributed by atoms with Crippen LogP contribution < -0.4 is 5.32 Å². The monoisotopic (exact) mass is 304 g/mol. The van der Waals surface area contributed by atoms with Gasteiger partial charge in [0.15, 0.2) is 5.78 Å². The first-order valence-electron chi connectivity index (χ1n) is 7.81. The number of rotatable bonds is 6. The number of amides is 1. The molecule has 0 saturated carbocycles. The summed E-state index contributed by atoms with van der Waals surface area (Å²) in [5.74, 6) is -0.306. The second kappa shape index (κ2) is 8.06. The number of hydrogen-bond acceptors (Lipinski definition) is 4. The summed E-state index contributed by atoms with van der Waals surface area (Å²) in [7, 11) is 0. The number of ether oxygens (including phenoxy) is 1. The highest BCUT2D eigenvalue weighted by Crippen LogP contribution is 2.14. The molecule has 0 aromatic heterocycles. The van der Waals surface area contributed by atoms with Crippen LogP contribution in [0.15, 0.2) is 24.3 Å². The molecule has 1 N–H and O–H groups in total. The first-order chi connectivity index (χ1) is 10.6. The van der Waals surface area contributed by atoms with Crippen molar-refractivity contribution in [2.75, 3.05) is 39.4 Å². The molecule has 1 aromatic rings. The maximum atomic E-state index is 12.3. The predicted molar refractivity (Wildman–Crippen MR) is 85.2 cm³/mol. The highest BCUT2D eigenvalue weighted by atomic mass is 16.5. The van der Waals surface area contributed by atoms with Crippen molar-refractivity contribution in [1.29, 1.82) is 0 Å². The van der Waals surface area contributed by atoms with Crippen molar-refractivity contribution >= 4 is 11.7 Å². The number of carbonyl (C=O) groups is 2. The smallest absolute Gasteiger partial charge is 0.252 e. The Morgan fingerprint density at radius 2 is 1.82 bits per heavy atom. The highest BCUT2D eigenvalue weighted by molar-refractivity contribution is 6.08. The van der Waals surface area contributed by atoms with E-state index in [1.807, 2.05) is 13.8 Å². The van der Waals surface area contributed by atoms with Gasteiger partial charge in [-0.05, 0) is 6.07 Å². The predicted octanol–water partition coefficient (Wildman–Crippen LogP) is 1.59. The SMILES string of the molecule is CC(C)C(=O)c1ccccc1C(=O)NCCN1CCOCC1. The molecule has 1 amide bonds. The van der Waals surface area contributed by atoms with Gasteiger partial charge >= 0.3 is 0 Å². The Hall–Kier alpha value is -1.72. The van der Waals surface area contributed by atoms with Gasteiger partial charge in [0, 0.05) is 37.7 Å². The molecule has 1 saturated heterocycles. The van der Waals surface area contributed by atoms with E-state index in [1.54, 1.807) is 24.3 Å². The lowest BCUT2D eigenvalue weighted by molar-refractivity contribution is 0.0383. The van der Waals surface area contributed by atoms with Crippen LogP contribution in [0, 0.1) is 5.92 Å². The van der Waals surface area contributed by atoms with Crippen molar-refractivity contribution in [3.63, 3.8) is 0 Å². The molecule has 120 valence electrons. The fourth-order valence-corrected chi connectivity index (χ4v) is 2.45. The van der Waals surface area contributed by atoms with E-state index in [1.165, 1.54) is 0 Å². The number of morpholine rings is 1. The van der Waals surface area contributed by atoms with Crippen molar-refractivity contribution in [2.45, 2.75) is 13.8 Å². The average Bonchev–Trinajstić information content (AvgIpc) is 2.55. The van der Waals surface area contributed by atoms with Crippen LogP contribution in [-0.2, 0) is 4.74 Å². The minimum Gasteiger partial charge on any atom is -0.379 e. The first kappa shape index (κ1) is 16.6. The van der Waals surface area contributed by atoms with Crippen LogP contribution in [0.3, 0.4) is 0 Å². The molecule has 0 atom stereocenters. The molecule has 0 bridgehead atoms. The zero-order valence-corrected chi connectivity index (χ0v) is 13.3. The molecular formula is C17H24N2O3. The van der Waals surface area contributed by atoms with E-state index >= 15 is 0 Å². The van der Waals surface area contributed by atoms with Gasteiger partial charge in [-0.25, -0.2) is 0 Å². The van der Waals surface area contributed by atoms with Crippen LogP contribution in [0.4, 0.5) is 0 Å². The van der Waals surface area contributed by atoms with E-state index in [-0.39, 0.29) is 17.6 Å². The Labute approximate surface area is 131 Å². The van der Waals surface area contributed by atoms with Crippen LogP contribution in [0.25, 0.3) is 0 Å². The number of carbonyl (C=O) groups excluding carboxylic acids is 2. The Kier molecular flexibility index (Phi) is 6.10. The van der Waals surface area contributed by atoms with Gasteiger partial charge in [0.2, 0.25) is 0 Å². The lowest BCUT2D eigenvalue weighted by atomic mass is 9.96. The lowest BCUT2D eigenvalue weighted by Gasteiger charge is -2.26. The van der Waals surface area contributed by atoms with Crippen LogP contribution in [0.2, 0.25) is 0 Å². The summed E-state index contributed by atoms with van der Waals surface area (Å²) in [4.78, 5) is 26.8. The standard InChI is InChI=1S/C17H24N2O3/c1-13(2)16(20)14-5-3-4-6-15(14)17(21)18-7-8-19-9-11-22-12-10-19/h3-6,13H,7-12H2,1-2H3,(H,18,21). The molecule has 1 aliphatic rings. The van der Waals surface area contributed by atoms with Gasteiger partial charge in [0.05, 0.1) is 18.8 Å². The van der Waals surface area contributed by atoms with E-state index in [0.29, 0.717) is 17.7 Å². The maximum Gasteiger partial charge on any atom is 0.252 e. The number of hydrogen-bond donors (Lipinski definition) is 1. The minimum atomic E-state index is -0.183. The summed E-state index contributed by atoms with van der Waals surface area (Å²) in [5.41, 5.74) is 0.963. The van der Waals surface area contributed by atoms with E-state index in [0.717, 1.165) is 32.8 Å². The van der Waals surface area contributed by atoms with Gasteiger partial charge in [-0.2, -0.15) is 0 Å². The molecule has 5 heteroatoms. The molecule has 1 aromatic carbocycles. The van der Waals surface area contributed by atoms with E-state index < -0.39 is 0 Å². The van der Waals surface area contributed by atoms with Gasteiger partial charge < -0.3 is 10.1 Å². The zero-order chi connectivity index (χ0) is 15.9. The second-order valence-electron chi connectivity index (χ2n) is 5.77. The van der Waals surface area contributed by atoms with Gasteiger partial charge in [0.1, 0.15) is 0 Å². The highest BCUT2D eigenvalue weighted by Gasteiger charge is 2.18. The number of Topliss-reactive ketones (excluding diaryl/α,β-unsaturated/α-hetero) is 1. The maximum absolute atomic E-state index is 12.3. The van der Waals surface area contributed by atoms with Gasteiger partial charge in [0.25, 0.3) is 5.91 Å². The summed E-state index contributed by atoms with van der Waals surface area (Å²) in [5, 5.41) is 2.91. The van der Waals surface area contributed by atoms with Crippen molar-refractivity contribution < 1.29 is 14.3 Å². The quantitative estimate of drug-likeness (QED) is 0.811. The summed E-state index contributed by atoms with van der Waals surface area (Å²) in [6, 6.07) is 7.01. The van der Waals surface area contributed by atoms with Crippen LogP contribution >= 0.6 is 0 Å². The number of ketones is 1.